The number of rotatable bonds is 4. The van der Waals surface area contributed by atoms with Gasteiger partial charge in [-0.15, -0.1) is 4.91 Å². The maximum absolute atomic E-state index is 12.8. The molecule has 1 atom stereocenters. The molecule has 0 radical (unpaired) electrons. The van der Waals surface area contributed by atoms with Crippen molar-refractivity contribution in [3.8, 4) is 11.1 Å². The number of benzene rings is 2. The summed E-state index contributed by atoms with van der Waals surface area (Å²) in [4.78, 5) is 28.5. The molecule has 0 N–H and O–H groups in total. The molecule has 0 aliphatic heterocycles. The Bertz CT molecular complexity index is 1170. The first-order chi connectivity index (χ1) is 13.6. The summed E-state index contributed by atoms with van der Waals surface area (Å²) >= 11 is 0. The molecule has 0 fully saturated rings. The summed E-state index contributed by atoms with van der Waals surface area (Å²) in [6.07, 6.45) is 1.71. The first-order valence-electron chi connectivity index (χ1n) is 9.04. The molecule has 138 valence electrons. The summed E-state index contributed by atoms with van der Waals surface area (Å²) in [7, 11) is 1.91. The van der Waals surface area contributed by atoms with Crippen molar-refractivity contribution in [2.24, 2.45) is 12.2 Å². The molecule has 5 heteroatoms. The van der Waals surface area contributed by atoms with Crippen molar-refractivity contribution in [1.29, 1.82) is 0 Å². The van der Waals surface area contributed by atoms with Gasteiger partial charge in [-0.05, 0) is 36.2 Å². The summed E-state index contributed by atoms with van der Waals surface area (Å²) < 4.78 is 1.96. The Morgan fingerprint density at radius 2 is 1.82 bits per heavy atom. The van der Waals surface area contributed by atoms with Crippen molar-refractivity contribution >= 4 is 16.8 Å². The van der Waals surface area contributed by atoms with Crippen LogP contribution in [0, 0.1) is 11.8 Å². The van der Waals surface area contributed by atoms with E-state index in [4.69, 9.17) is 0 Å². The molecular weight excluding hydrogens is 350 g/mol. The van der Waals surface area contributed by atoms with Crippen LogP contribution >= 0.6 is 0 Å². The maximum Gasteiger partial charge on any atom is 0.299 e. The molecule has 0 saturated heterocycles. The standard InChI is InChI=1S/C23H19N3O2/c1-15-14-19(16-8-4-3-5-9-16)22(26(15)2)21(23(27)25-28)18-10-6-12-20-17(18)11-7-13-24-20/h3-14,21H,1-2H3. The Labute approximate surface area is 162 Å². The van der Waals surface area contributed by atoms with Crippen molar-refractivity contribution < 1.29 is 4.79 Å². The van der Waals surface area contributed by atoms with Crippen LogP contribution in [0.15, 0.2) is 78.1 Å². The molecular formula is C23H19N3O2. The Morgan fingerprint density at radius 3 is 2.57 bits per heavy atom. The van der Waals surface area contributed by atoms with E-state index in [1.54, 1.807) is 6.20 Å². The topological polar surface area (TPSA) is 64.3 Å². The molecule has 0 saturated carbocycles. The maximum atomic E-state index is 12.8. The van der Waals surface area contributed by atoms with E-state index >= 15 is 0 Å². The fourth-order valence-corrected chi connectivity index (χ4v) is 3.78. The number of hydrogen-bond acceptors (Lipinski definition) is 3. The van der Waals surface area contributed by atoms with Gasteiger partial charge >= 0.3 is 0 Å². The SMILES string of the molecule is Cc1cc(-c2ccccc2)c(C(C(=O)N=O)c2cccc3ncccc23)n1C. The second-order valence-electron chi connectivity index (χ2n) is 6.79. The van der Waals surface area contributed by atoms with Crippen molar-refractivity contribution in [3.63, 3.8) is 0 Å². The van der Waals surface area contributed by atoms with Gasteiger partial charge in [-0.2, -0.15) is 0 Å². The zero-order valence-electron chi connectivity index (χ0n) is 15.7. The zero-order chi connectivity index (χ0) is 19.7. The predicted octanol–water partition coefficient (Wildman–Crippen LogP) is 4.97. The molecule has 0 aliphatic carbocycles. The second-order valence-corrected chi connectivity index (χ2v) is 6.79. The van der Waals surface area contributed by atoms with E-state index in [2.05, 4.69) is 10.2 Å². The van der Waals surface area contributed by atoms with Crippen molar-refractivity contribution in [2.45, 2.75) is 12.8 Å². The van der Waals surface area contributed by atoms with Crippen LogP contribution in [-0.4, -0.2) is 15.5 Å². The second kappa shape index (κ2) is 7.19. The molecule has 0 aliphatic rings. The number of aryl methyl sites for hydroxylation is 1. The van der Waals surface area contributed by atoms with E-state index in [0.29, 0.717) is 0 Å². The Kier molecular flexibility index (Phi) is 4.57. The van der Waals surface area contributed by atoms with Crippen LogP contribution in [0.25, 0.3) is 22.0 Å². The van der Waals surface area contributed by atoms with Crippen LogP contribution < -0.4 is 0 Å². The minimum atomic E-state index is -0.806. The number of pyridine rings is 1. The van der Waals surface area contributed by atoms with Gasteiger partial charge in [0.1, 0.15) is 5.92 Å². The van der Waals surface area contributed by atoms with E-state index < -0.39 is 11.8 Å². The van der Waals surface area contributed by atoms with E-state index in [9.17, 15) is 9.70 Å². The lowest BCUT2D eigenvalue weighted by atomic mass is 9.88. The summed E-state index contributed by atoms with van der Waals surface area (Å²) in [6, 6.07) is 21.3. The van der Waals surface area contributed by atoms with Crippen LogP contribution in [0.4, 0.5) is 0 Å². The summed E-state index contributed by atoms with van der Waals surface area (Å²) in [5.74, 6) is -1.52. The van der Waals surface area contributed by atoms with Gasteiger partial charge in [-0.25, -0.2) is 0 Å². The molecule has 5 nitrogen and oxygen atoms in total. The van der Waals surface area contributed by atoms with Gasteiger partial charge in [-0.3, -0.25) is 9.78 Å². The third-order valence-electron chi connectivity index (χ3n) is 5.21. The van der Waals surface area contributed by atoms with Crippen LogP contribution in [0.1, 0.15) is 22.9 Å². The summed E-state index contributed by atoms with van der Waals surface area (Å²) in [6.45, 7) is 1.98. The van der Waals surface area contributed by atoms with E-state index in [-0.39, 0.29) is 0 Å². The monoisotopic (exact) mass is 369 g/mol. The number of carbonyl (C=O) groups is 1. The molecule has 2 heterocycles. The Balaban J connectivity index is 2.03. The fraction of sp³-hybridized carbons (Fsp3) is 0.130. The quantitative estimate of drug-likeness (QED) is 0.477. The molecule has 28 heavy (non-hydrogen) atoms. The normalized spacial score (nSPS) is 12.1. The van der Waals surface area contributed by atoms with Crippen LogP contribution in [0.5, 0.6) is 0 Å². The lowest BCUT2D eigenvalue weighted by Gasteiger charge is -2.19. The van der Waals surface area contributed by atoms with Gasteiger partial charge in [0.25, 0.3) is 5.91 Å². The first-order valence-corrected chi connectivity index (χ1v) is 9.04. The molecule has 0 bridgehead atoms. The van der Waals surface area contributed by atoms with Crippen molar-refractivity contribution in [2.75, 3.05) is 0 Å². The molecule has 2 aromatic heterocycles. The third-order valence-corrected chi connectivity index (χ3v) is 5.21. The average molecular weight is 369 g/mol. The molecule has 1 amide bonds. The van der Waals surface area contributed by atoms with Crippen LogP contribution in [-0.2, 0) is 11.8 Å². The largest absolute Gasteiger partial charge is 0.350 e. The van der Waals surface area contributed by atoms with Gasteiger partial charge in [0.2, 0.25) is 0 Å². The van der Waals surface area contributed by atoms with Gasteiger partial charge in [0.05, 0.1) is 5.52 Å². The van der Waals surface area contributed by atoms with Gasteiger partial charge in [0.15, 0.2) is 0 Å². The molecule has 1 unspecified atom stereocenters. The number of fused-ring (bicyclic) bond motifs is 1. The van der Waals surface area contributed by atoms with E-state index in [1.807, 2.05) is 85.3 Å². The minimum Gasteiger partial charge on any atom is -0.350 e. The summed E-state index contributed by atoms with van der Waals surface area (Å²) in [5, 5.41) is 3.65. The number of amides is 1. The lowest BCUT2D eigenvalue weighted by molar-refractivity contribution is -0.118. The molecule has 2 aromatic carbocycles. The van der Waals surface area contributed by atoms with E-state index in [0.717, 1.165) is 39.0 Å². The number of nitroso groups, excluding NO2 is 1. The number of hydrogen-bond donors (Lipinski definition) is 0. The minimum absolute atomic E-state index is 0.713. The molecule has 0 spiro atoms. The Morgan fingerprint density at radius 1 is 1.04 bits per heavy atom. The number of nitrogens with zero attached hydrogens (tertiary/aromatic N) is 3. The highest BCUT2D eigenvalue weighted by Crippen LogP contribution is 2.38. The summed E-state index contributed by atoms with van der Waals surface area (Å²) in [5.41, 5.74) is 5.16. The van der Waals surface area contributed by atoms with Gasteiger partial charge in [0, 0.05) is 40.8 Å². The predicted molar refractivity (Wildman–Crippen MR) is 110 cm³/mol. The highest BCUT2D eigenvalue weighted by molar-refractivity contribution is 5.95. The number of aromatic nitrogens is 2. The van der Waals surface area contributed by atoms with Gasteiger partial charge in [-0.1, -0.05) is 48.5 Å². The van der Waals surface area contributed by atoms with Crippen LogP contribution in [0.3, 0.4) is 0 Å². The lowest BCUT2D eigenvalue weighted by Crippen LogP contribution is -2.17. The highest BCUT2D eigenvalue weighted by atomic mass is 16.3. The van der Waals surface area contributed by atoms with Crippen molar-refractivity contribution in [3.05, 3.63) is 94.8 Å². The zero-order valence-corrected chi connectivity index (χ0v) is 15.7. The van der Waals surface area contributed by atoms with E-state index in [1.165, 1.54) is 0 Å². The fourth-order valence-electron chi connectivity index (χ4n) is 3.78. The average Bonchev–Trinajstić information content (AvgIpc) is 3.03. The molecule has 4 rings (SSSR count). The van der Waals surface area contributed by atoms with Gasteiger partial charge < -0.3 is 4.57 Å². The number of carbonyl (C=O) groups excluding carboxylic acids is 1. The van der Waals surface area contributed by atoms with Crippen LogP contribution in [0.2, 0.25) is 0 Å². The first kappa shape index (κ1) is 17.8. The highest BCUT2D eigenvalue weighted by Gasteiger charge is 2.31. The van der Waals surface area contributed by atoms with Crippen molar-refractivity contribution in [1.82, 2.24) is 9.55 Å². The molecule has 4 aromatic rings. The smallest absolute Gasteiger partial charge is 0.299 e. The third kappa shape index (κ3) is 2.91. The Hall–Kier alpha value is -3.60.